The van der Waals surface area contributed by atoms with Crippen LogP contribution >= 0.6 is 0 Å². The van der Waals surface area contributed by atoms with Crippen LogP contribution < -0.4 is 0 Å². The maximum absolute atomic E-state index is 12.5. The van der Waals surface area contributed by atoms with Gasteiger partial charge in [-0.3, -0.25) is 9.36 Å². The number of nitrogens with zero attached hydrogens (tertiary/aromatic N) is 2. The van der Waals surface area contributed by atoms with E-state index < -0.39 is 0 Å². The molecule has 0 amide bonds. The molecule has 1 fully saturated rings. The Morgan fingerprint density at radius 1 is 1.38 bits per heavy atom. The first-order valence-electron chi connectivity index (χ1n) is 8.25. The molecule has 1 aromatic carbocycles. The summed E-state index contributed by atoms with van der Waals surface area (Å²) in [6.07, 6.45) is 4.59. The first-order chi connectivity index (χ1) is 11.6. The molecular weight excluding hydrogens is 306 g/mol. The molecule has 124 valence electrons. The first-order valence-corrected chi connectivity index (χ1v) is 8.25. The largest absolute Gasteiger partial charge is 0.503 e. The third-order valence-corrected chi connectivity index (χ3v) is 4.54. The average Bonchev–Trinajstić information content (AvgIpc) is 3.24. The molecule has 2 aromatic heterocycles. The van der Waals surface area contributed by atoms with Crippen molar-refractivity contribution in [2.24, 2.45) is 0 Å². The van der Waals surface area contributed by atoms with Crippen LogP contribution in [0.15, 0.2) is 24.5 Å². The van der Waals surface area contributed by atoms with Crippen molar-refractivity contribution in [3.63, 3.8) is 0 Å². The van der Waals surface area contributed by atoms with Crippen LogP contribution in [-0.2, 0) is 0 Å². The van der Waals surface area contributed by atoms with Crippen LogP contribution in [0.25, 0.3) is 16.7 Å². The molecule has 0 atom stereocenters. The van der Waals surface area contributed by atoms with Crippen molar-refractivity contribution in [3.8, 4) is 17.3 Å². The molecule has 6 heteroatoms. The Labute approximate surface area is 138 Å². The summed E-state index contributed by atoms with van der Waals surface area (Å²) in [6, 6.07) is 5.55. The number of fused-ring (bicyclic) bond motifs is 1. The van der Waals surface area contributed by atoms with Crippen LogP contribution in [0.2, 0.25) is 0 Å². The Morgan fingerprint density at radius 3 is 2.88 bits per heavy atom. The van der Waals surface area contributed by atoms with Gasteiger partial charge < -0.3 is 15.2 Å². The third-order valence-electron chi connectivity index (χ3n) is 4.54. The van der Waals surface area contributed by atoms with Crippen molar-refractivity contribution in [1.82, 2.24) is 14.5 Å². The normalized spacial score (nSPS) is 14.4. The number of aromatic hydroxyl groups is 2. The van der Waals surface area contributed by atoms with Gasteiger partial charge in [0, 0.05) is 18.0 Å². The summed E-state index contributed by atoms with van der Waals surface area (Å²) in [7, 11) is 0. The molecule has 0 saturated heterocycles. The van der Waals surface area contributed by atoms with E-state index in [-0.39, 0.29) is 28.9 Å². The minimum atomic E-state index is -0.306. The molecule has 0 radical (unpaired) electrons. The lowest BCUT2D eigenvalue weighted by atomic mass is 10.0. The van der Waals surface area contributed by atoms with E-state index in [9.17, 15) is 15.0 Å². The molecule has 0 bridgehead atoms. The van der Waals surface area contributed by atoms with Crippen molar-refractivity contribution in [2.75, 3.05) is 0 Å². The fourth-order valence-electron chi connectivity index (χ4n) is 3.26. The molecule has 2 heterocycles. The lowest BCUT2D eigenvalue weighted by Crippen LogP contribution is -2.05. The molecule has 0 spiro atoms. The first kappa shape index (κ1) is 14.8. The molecule has 1 saturated carbocycles. The van der Waals surface area contributed by atoms with Gasteiger partial charge in [0.05, 0.1) is 28.6 Å². The Hall–Kier alpha value is -2.76. The lowest BCUT2D eigenvalue weighted by molar-refractivity contribution is 0.0978. The van der Waals surface area contributed by atoms with E-state index >= 15 is 0 Å². The summed E-state index contributed by atoms with van der Waals surface area (Å²) in [5, 5.41) is 20.9. The van der Waals surface area contributed by atoms with Gasteiger partial charge >= 0.3 is 0 Å². The van der Waals surface area contributed by atoms with E-state index in [0.717, 1.165) is 29.6 Å². The number of rotatable bonds is 5. The van der Waals surface area contributed by atoms with Gasteiger partial charge in [0.25, 0.3) is 0 Å². The average molecular weight is 325 g/mol. The number of benzene rings is 1. The Balaban J connectivity index is 1.94. The second kappa shape index (κ2) is 5.40. The predicted octanol–water partition coefficient (Wildman–Crippen LogP) is 3.63. The number of aromatic amines is 1. The van der Waals surface area contributed by atoms with Gasteiger partial charge in [-0.2, -0.15) is 0 Å². The van der Waals surface area contributed by atoms with Gasteiger partial charge in [-0.25, -0.2) is 4.98 Å². The van der Waals surface area contributed by atoms with Crippen LogP contribution in [0.1, 0.15) is 54.6 Å². The van der Waals surface area contributed by atoms with Crippen molar-refractivity contribution in [1.29, 1.82) is 0 Å². The number of aromatic nitrogens is 3. The number of ketones is 1. The highest BCUT2D eigenvalue weighted by atomic mass is 16.3. The van der Waals surface area contributed by atoms with Gasteiger partial charge in [0.1, 0.15) is 0 Å². The highest BCUT2D eigenvalue weighted by Crippen LogP contribution is 2.49. The number of carbonyl (C=O) groups excluding carboxylic acids is 1. The molecule has 6 nitrogen and oxygen atoms in total. The molecule has 3 aromatic rings. The van der Waals surface area contributed by atoms with E-state index in [4.69, 9.17) is 0 Å². The van der Waals surface area contributed by atoms with Gasteiger partial charge in [-0.1, -0.05) is 6.92 Å². The fraction of sp³-hybridized carbons (Fsp3) is 0.333. The zero-order valence-electron chi connectivity index (χ0n) is 13.4. The highest BCUT2D eigenvalue weighted by Gasteiger charge is 2.37. The molecule has 3 N–H and O–H groups in total. The van der Waals surface area contributed by atoms with Crippen molar-refractivity contribution >= 4 is 16.8 Å². The molecule has 1 aliphatic carbocycles. The Morgan fingerprint density at radius 2 is 2.17 bits per heavy atom. The maximum atomic E-state index is 12.5. The topological polar surface area (TPSA) is 91.1 Å². The van der Waals surface area contributed by atoms with Crippen molar-refractivity contribution in [3.05, 3.63) is 35.8 Å². The quantitative estimate of drug-likeness (QED) is 0.625. The molecule has 4 rings (SSSR count). The Kier molecular flexibility index (Phi) is 3.33. The minimum absolute atomic E-state index is 0.117. The van der Waals surface area contributed by atoms with Gasteiger partial charge in [-0.05, 0) is 37.5 Å². The summed E-state index contributed by atoms with van der Waals surface area (Å²) in [5.41, 5.74) is 3.37. The van der Waals surface area contributed by atoms with E-state index in [0.29, 0.717) is 18.5 Å². The summed E-state index contributed by atoms with van der Waals surface area (Å²) < 4.78 is 1.61. The van der Waals surface area contributed by atoms with E-state index in [1.807, 2.05) is 25.1 Å². The van der Waals surface area contributed by atoms with Crippen LogP contribution in [-0.4, -0.2) is 30.5 Å². The molecule has 1 aliphatic rings. The molecular formula is C18H19N3O3. The SMILES string of the molecule is CCCC(=O)c1c(O)c(O)n(-c2ccc3nc[nH]c3c2)c1C1CC1. The van der Waals surface area contributed by atoms with Gasteiger partial charge in [0.2, 0.25) is 5.88 Å². The standard InChI is InChI=1S/C18H19N3O3/c1-2-3-14(22)15-16(10-4-5-10)21(18(24)17(15)23)11-6-7-12-13(8-11)20-9-19-12/h6-10,23-24H,2-5H2,1H3,(H,19,20). The smallest absolute Gasteiger partial charge is 0.240 e. The van der Waals surface area contributed by atoms with Crippen molar-refractivity contribution in [2.45, 2.75) is 38.5 Å². The number of H-pyrrole nitrogens is 1. The zero-order chi connectivity index (χ0) is 16.8. The molecule has 0 aliphatic heterocycles. The van der Waals surface area contributed by atoms with Crippen LogP contribution in [0.5, 0.6) is 11.6 Å². The number of carbonyl (C=O) groups is 1. The second-order valence-electron chi connectivity index (χ2n) is 6.32. The van der Waals surface area contributed by atoms with Gasteiger partial charge in [-0.15, -0.1) is 0 Å². The Bertz CT molecular complexity index is 935. The summed E-state index contributed by atoms with van der Waals surface area (Å²) in [4.78, 5) is 19.7. The summed E-state index contributed by atoms with van der Waals surface area (Å²) in [5.74, 6) is -0.492. The molecule has 24 heavy (non-hydrogen) atoms. The maximum Gasteiger partial charge on any atom is 0.240 e. The van der Waals surface area contributed by atoms with Gasteiger partial charge in [0.15, 0.2) is 11.5 Å². The summed E-state index contributed by atoms with van der Waals surface area (Å²) >= 11 is 0. The van der Waals surface area contributed by atoms with Crippen LogP contribution in [0.3, 0.4) is 0 Å². The third kappa shape index (κ3) is 2.18. The summed E-state index contributed by atoms with van der Waals surface area (Å²) in [6.45, 7) is 1.93. The molecule has 0 unspecified atom stereocenters. The lowest BCUT2D eigenvalue weighted by Gasteiger charge is -2.11. The van der Waals surface area contributed by atoms with E-state index in [1.165, 1.54) is 0 Å². The highest BCUT2D eigenvalue weighted by molar-refractivity contribution is 6.01. The van der Waals surface area contributed by atoms with E-state index in [1.54, 1.807) is 10.9 Å². The number of hydrogen-bond acceptors (Lipinski definition) is 4. The van der Waals surface area contributed by atoms with Crippen molar-refractivity contribution < 1.29 is 15.0 Å². The fourth-order valence-corrected chi connectivity index (χ4v) is 3.26. The van der Waals surface area contributed by atoms with Crippen LogP contribution in [0.4, 0.5) is 0 Å². The van der Waals surface area contributed by atoms with E-state index in [2.05, 4.69) is 9.97 Å². The van der Waals surface area contributed by atoms with Crippen LogP contribution in [0, 0.1) is 0 Å². The second-order valence-corrected chi connectivity index (χ2v) is 6.32. The monoisotopic (exact) mass is 325 g/mol. The number of hydrogen-bond donors (Lipinski definition) is 3. The predicted molar refractivity (Wildman–Crippen MR) is 90.0 cm³/mol. The minimum Gasteiger partial charge on any atom is -0.503 e. The number of imidazole rings is 1. The number of nitrogens with one attached hydrogen (secondary N) is 1. The zero-order valence-corrected chi connectivity index (χ0v) is 13.4. The number of Topliss-reactive ketones (excluding diaryl/α,β-unsaturated/α-hetero) is 1.